The normalized spacial score (nSPS) is 17.0. The van der Waals surface area contributed by atoms with Crippen LogP contribution in [0.25, 0.3) is 0 Å². The molecule has 0 fully saturated rings. The molecule has 0 N–H and O–H groups in total. The summed E-state index contributed by atoms with van der Waals surface area (Å²) in [5.74, 6) is -1.47. The van der Waals surface area contributed by atoms with Crippen molar-refractivity contribution >= 4 is 39.1 Å². The first kappa shape index (κ1) is 17.9. The molecule has 1 aliphatic heterocycles. The maximum absolute atomic E-state index is 12.4. The number of nitrogens with zero attached hydrogens (tertiary/aromatic N) is 1. The molecule has 2 rings (SSSR count). The molecule has 0 saturated heterocycles. The van der Waals surface area contributed by atoms with Gasteiger partial charge in [-0.1, -0.05) is 50.2 Å². The lowest BCUT2D eigenvalue weighted by atomic mass is 9.87. The number of rotatable bonds is 2. The topological polar surface area (TPSA) is 92.6 Å². The Bertz CT molecular complexity index is 830. The average Bonchev–Trinajstić information content (AvgIpc) is 2.84. The molecule has 0 atom stereocenters. The number of thioether (sulfide) groups is 1. The highest BCUT2D eigenvalue weighted by atomic mass is 35.5. The van der Waals surface area contributed by atoms with E-state index in [-0.39, 0.29) is 25.9 Å². The molecule has 23 heavy (non-hydrogen) atoms. The van der Waals surface area contributed by atoms with Crippen LogP contribution >= 0.6 is 23.4 Å². The van der Waals surface area contributed by atoms with Gasteiger partial charge in [-0.2, -0.15) is 18.8 Å². The van der Waals surface area contributed by atoms with E-state index in [4.69, 9.17) is 11.6 Å². The molecular formula is C15H14ClNO4S2-2. The minimum atomic E-state index is -4.12. The van der Waals surface area contributed by atoms with Gasteiger partial charge in [0.15, 0.2) is 0 Å². The lowest BCUT2D eigenvalue weighted by Crippen LogP contribution is -2.22. The SMILES string of the molecule is CC(C)(C)c1ccc(S(=O)(=O)/N=C2\C=CSC2=C([O-])[O-])c(Cl)c1. The summed E-state index contributed by atoms with van der Waals surface area (Å²) in [6.45, 7) is 5.94. The smallest absolute Gasteiger partial charge is 0.284 e. The molecule has 8 heteroatoms. The Kier molecular flexibility index (Phi) is 4.84. The zero-order chi connectivity index (χ0) is 17.4. The Morgan fingerprint density at radius 3 is 2.43 bits per heavy atom. The van der Waals surface area contributed by atoms with Crippen molar-refractivity contribution in [3.8, 4) is 0 Å². The van der Waals surface area contributed by atoms with Gasteiger partial charge < -0.3 is 10.2 Å². The molecule has 124 valence electrons. The van der Waals surface area contributed by atoms with E-state index in [9.17, 15) is 18.6 Å². The van der Waals surface area contributed by atoms with Crippen molar-refractivity contribution in [2.75, 3.05) is 0 Å². The molecule has 1 aromatic rings. The second kappa shape index (κ2) is 6.22. The van der Waals surface area contributed by atoms with Gasteiger partial charge in [0.05, 0.1) is 10.7 Å². The van der Waals surface area contributed by atoms with Crippen LogP contribution in [0.15, 0.2) is 49.8 Å². The number of halogens is 1. The monoisotopic (exact) mass is 371 g/mol. The molecule has 0 radical (unpaired) electrons. The quantitative estimate of drug-likeness (QED) is 0.740. The van der Waals surface area contributed by atoms with Gasteiger partial charge in [0.2, 0.25) is 0 Å². The van der Waals surface area contributed by atoms with E-state index in [1.165, 1.54) is 17.6 Å². The highest BCUT2D eigenvalue weighted by molar-refractivity contribution is 8.07. The van der Waals surface area contributed by atoms with E-state index in [2.05, 4.69) is 4.40 Å². The fourth-order valence-electron chi connectivity index (χ4n) is 1.88. The molecule has 0 saturated carbocycles. The van der Waals surface area contributed by atoms with Crippen LogP contribution in [0.4, 0.5) is 0 Å². The molecule has 5 nitrogen and oxygen atoms in total. The molecule has 0 amide bonds. The molecule has 0 bridgehead atoms. The Labute approximate surface area is 144 Å². The summed E-state index contributed by atoms with van der Waals surface area (Å²) in [4.78, 5) is -0.404. The number of hydrogen-bond acceptors (Lipinski definition) is 5. The van der Waals surface area contributed by atoms with E-state index < -0.39 is 16.0 Å². The minimum absolute atomic E-state index is 0.0476. The standard InChI is InChI=1S/C15H16ClNO4S2/c1-15(2,3)9-4-5-12(10(16)8-9)23(20,21)17-11-6-7-22-13(11)14(18)19/h4-8,18-19H,1-3H3/p-2/b17-11+. The van der Waals surface area contributed by atoms with Gasteiger partial charge in [-0.3, -0.25) is 0 Å². The largest absolute Gasteiger partial charge is 0.883 e. The average molecular weight is 372 g/mol. The summed E-state index contributed by atoms with van der Waals surface area (Å²) in [7, 11) is -4.12. The van der Waals surface area contributed by atoms with Crippen molar-refractivity contribution in [2.24, 2.45) is 4.40 Å². The first-order valence-corrected chi connectivity index (χ1v) is 9.29. The van der Waals surface area contributed by atoms with Crippen molar-refractivity contribution in [1.82, 2.24) is 0 Å². The van der Waals surface area contributed by atoms with E-state index in [1.807, 2.05) is 20.8 Å². The minimum Gasteiger partial charge on any atom is -0.883 e. The van der Waals surface area contributed by atoms with Crippen LogP contribution in [0.2, 0.25) is 5.02 Å². The van der Waals surface area contributed by atoms with Gasteiger partial charge in [-0.25, -0.2) is 0 Å². The van der Waals surface area contributed by atoms with Gasteiger partial charge in [0, 0.05) is 4.91 Å². The van der Waals surface area contributed by atoms with Crippen molar-refractivity contribution in [3.63, 3.8) is 0 Å². The Morgan fingerprint density at radius 1 is 1.26 bits per heavy atom. The summed E-state index contributed by atoms with van der Waals surface area (Å²) in [6, 6.07) is 4.63. The number of sulfonamides is 1. The molecular weight excluding hydrogens is 358 g/mol. The highest BCUT2D eigenvalue weighted by Gasteiger charge is 2.22. The number of hydrogen-bond donors (Lipinski definition) is 0. The van der Waals surface area contributed by atoms with Crippen LogP contribution in [0.5, 0.6) is 0 Å². The molecule has 1 aliphatic rings. The van der Waals surface area contributed by atoms with Crippen LogP contribution in [0, 0.1) is 0 Å². The van der Waals surface area contributed by atoms with Gasteiger partial charge in [0.25, 0.3) is 10.0 Å². The highest BCUT2D eigenvalue weighted by Crippen LogP contribution is 2.32. The predicted octanol–water partition coefficient (Wildman–Crippen LogP) is 1.92. The summed E-state index contributed by atoms with van der Waals surface area (Å²) < 4.78 is 28.4. The molecule has 1 heterocycles. The van der Waals surface area contributed by atoms with Crippen molar-refractivity contribution < 1.29 is 18.6 Å². The van der Waals surface area contributed by atoms with Crippen LogP contribution < -0.4 is 10.2 Å². The van der Waals surface area contributed by atoms with Gasteiger partial charge in [-0.05, 0) is 34.6 Å². The third-order valence-corrected chi connectivity index (χ3v) is 5.78. The van der Waals surface area contributed by atoms with Crippen LogP contribution in [-0.4, -0.2) is 14.1 Å². The van der Waals surface area contributed by atoms with E-state index >= 15 is 0 Å². The van der Waals surface area contributed by atoms with E-state index in [1.54, 1.807) is 12.1 Å². The van der Waals surface area contributed by atoms with Crippen molar-refractivity contribution in [1.29, 1.82) is 0 Å². The zero-order valence-corrected chi connectivity index (χ0v) is 15.1. The second-order valence-electron chi connectivity index (χ2n) is 5.88. The number of allylic oxidation sites excluding steroid dienone is 2. The lowest BCUT2D eigenvalue weighted by molar-refractivity contribution is -0.513. The fourth-order valence-corrected chi connectivity index (χ4v) is 4.13. The Morgan fingerprint density at radius 2 is 1.91 bits per heavy atom. The first-order valence-electron chi connectivity index (χ1n) is 6.59. The van der Waals surface area contributed by atoms with Gasteiger partial charge in [-0.15, -0.1) is 0 Å². The van der Waals surface area contributed by atoms with Crippen molar-refractivity contribution in [3.05, 3.63) is 51.1 Å². The third kappa shape index (κ3) is 3.91. The molecule has 1 aromatic carbocycles. The van der Waals surface area contributed by atoms with Gasteiger partial charge >= 0.3 is 0 Å². The predicted molar refractivity (Wildman–Crippen MR) is 88.5 cm³/mol. The summed E-state index contributed by atoms with van der Waals surface area (Å²) >= 11 is 6.95. The van der Waals surface area contributed by atoms with Crippen LogP contribution in [0.3, 0.4) is 0 Å². The second-order valence-corrected chi connectivity index (χ2v) is 8.78. The molecule has 0 unspecified atom stereocenters. The fraction of sp³-hybridized carbons (Fsp3) is 0.267. The zero-order valence-electron chi connectivity index (χ0n) is 12.7. The lowest BCUT2D eigenvalue weighted by Gasteiger charge is -2.21. The maximum atomic E-state index is 12.4. The third-order valence-electron chi connectivity index (χ3n) is 3.12. The molecule has 0 spiro atoms. The van der Waals surface area contributed by atoms with Gasteiger partial charge in [0.1, 0.15) is 4.90 Å². The number of benzene rings is 1. The van der Waals surface area contributed by atoms with Crippen LogP contribution in [-0.2, 0) is 15.4 Å². The summed E-state index contributed by atoms with van der Waals surface area (Å²) in [5, 5.41) is 23.4. The molecule has 0 aromatic heterocycles. The summed E-state index contributed by atoms with van der Waals surface area (Å²) in [5.41, 5.74) is 0.539. The maximum Gasteiger partial charge on any atom is 0.284 e. The summed E-state index contributed by atoms with van der Waals surface area (Å²) in [6.07, 6.45) is 1.31. The van der Waals surface area contributed by atoms with Crippen LogP contribution in [0.1, 0.15) is 26.3 Å². The Hall–Kier alpha value is -1.44. The first-order chi connectivity index (χ1) is 10.5. The molecule has 0 aliphatic carbocycles. The van der Waals surface area contributed by atoms with Crippen molar-refractivity contribution in [2.45, 2.75) is 31.1 Å². The van der Waals surface area contributed by atoms with E-state index in [0.717, 1.165) is 17.3 Å². The Balaban J connectivity index is 2.50. The van der Waals surface area contributed by atoms with E-state index in [0.29, 0.717) is 0 Å².